The SMILES string of the molecule is O=C1NCC(Br)(Br)C(=O)N1. The second-order valence-corrected chi connectivity index (χ2v) is 5.61. The molecule has 0 spiro atoms. The number of carbonyl (C=O) groups excluding carboxylic acids is 2. The fourth-order valence-electron chi connectivity index (χ4n) is 0.510. The van der Waals surface area contributed by atoms with E-state index in [4.69, 9.17) is 0 Å². The zero-order valence-electron chi connectivity index (χ0n) is 4.78. The predicted molar refractivity (Wildman–Crippen MR) is 42.1 cm³/mol. The van der Waals surface area contributed by atoms with Crippen LogP contribution in [0.2, 0.25) is 0 Å². The van der Waals surface area contributed by atoms with Gasteiger partial charge in [0.15, 0.2) is 3.23 Å². The van der Waals surface area contributed by atoms with Gasteiger partial charge in [0.05, 0.1) is 6.54 Å². The van der Waals surface area contributed by atoms with Crippen molar-refractivity contribution in [3.8, 4) is 0 Å². The topological polar surface area (TPSA) is 58.2 Å². The Morgan fingerprint density at radius 2 is 2.00 bits per heavy atom. The van der Waals surface area contributed by atoms with E-state index in [0.29, 0.717) is 0 Å². The summed E-state index contributed by atoms with van der Waals surface area (Å²) in [4.78, 5) is 21.3. The first-order chi connectivity index (χ1) is 4.52. The van der Waals surface area contributed by atoms with Crippen molar-refractivity contribution in [3.63, 3.8) is 0 Å². The van der Waals surface area contributed by atoms with Crippen molar-refractivity contribution >= 4 is 43.8 Å². The molecule has 0 atom stereocenters. The van der Waals surface area contributed by atoms with Crippen LogP contribution in [0.5, 0.6) is 0 Å². The van der Waals surface area contributed by atoms with Crippen molar-refractivity contribution in [2.24, 2.45) is 0 Å². The molecular weight excluding hydrogens is 268 g/mol. The molecule has 0 aromatic rings. The van der Waals surface area contributed by atoms with Gasteiger partial charge in [0.2, 0.25) is 0 Å². The number of amides is 3. The highest BCUT2D eigenvalue weighted by atomic mass is 79.9. The van der Waals surface area contributed by atoms with Gasteiger partial charge in [-0.15, -0.1) is 0 Å². The molecule has 0 saturated carbocycles. The molecule has 1 saturated heterocycles. The van der Waals surface area contributed by atoms with Gasteiger partial charge in [-0.1, -0.05) is 31.9 Å². The summed E-state index contributed by atoms with van der Waals surface area (Å²) < 4.78 is -0.839. The van der Waals surface area contributed by atoms with Gasteiger partial charge in [-0.05, 0) is 0 Å². The van der Waals surface area contributed by atoms with Crippen LogP contribution in [0, 0.1) is 0 Å². The summed E-state index contributed by atoms with van der Waals surface area (Å²) in [7, 11) is 0. The van der Waals surface area contributed by atoms with Gasteiger partial charge >= 0.3 is 6.03 Å². The maximum Gasteiger partial charge on any atom is 0.321 e. The van der Waals surface area contributed by atoms with Crippen LogP contribution >= 0.6 is 31.9 Å². The first-order valence-corrected chi connectivity index (χ1v) is 4.08. The normalized spacial score (nSPS) is 23.4. The first kappa shape index (κ1) is 8.00. The van der Waals surface area contributed by atoms with Gasteiger partial charge in [0, 0.05) is 0 Å². The van der Waals surface area contributed by atoms with Gasteiger partial charge in [-0.25, -0.2) is 4.79 Å². The average molecular weight is 272 g/mol. The van der Waals surface area contributed by atoms with Gasteiger partial charge in [0.25, 0.3) is 5.91 Å². The van der Waals surface area contributed by atoms with Gasteiger partial charge in [-0.3, -0.25) is 10.1 Å². The molecule has 1 aliphatic heterocycles. The van der Waals surface area contributed by atoms with Crippen LogP contribution in [0.15, 0.2) is 0 Å². The summed E-state index contributed by atoms with van der Waals surface area (Å²) in [6, 6.07) is -0.459. The molecule has 0 aliphatic carbocycles. The lowest BCUT2D eigenvalue weighted by Crippen LogP contribution is -2.57. The van der Waals surface area contributed by atoms with Crippen LogP contribution in [-0.2, 0) is 4.79 Å². The monoisotopic (exact) mass is 270 g/mol. The van der Waals surface area contributed by atoms with Crippen molar-refractivity contribution in [3.05, 3.63) is 0 Å². The number of halogens is 2. The van der Waals surface area contributed by atoms with E-state index in [2.05, 4.69) is 42.5 Å². The smallest absolute Gasteiger partial charge is 0.321 e. The molecule has 56 valence electrons. The molecule has 0 aromatic heterocycles. The fraction of sp³-hybridized carbons (Fsp3) is 0.500. The maximum atomic E-state index is 10.9. The molecule has 6 heteroatoms. The van der Waals surface area contributed by atoms with E-state index in [1.165, 1.54) is 0 Å². The minimum absolute atomic E-state index is 0.248. The van der Waals surface area contributed by atoms with Crippen molar-refractivity contribution in [1.29, 1.82) is 0 Å². The van der Waals surface area contributed by atoms with Crippen LogP contribution in [0.25, 0.3) is 0 Å². The van der Waals surface area contributed by atoms with Crippen LogP contribution in [0.4, 0.5) is 4.79 Å². The van der Waals surface area contributed by atoms with Gasteiger partial charge in [0.1, 0.15) is 0 Å². The van der Waals surface area contributed by atoms with E-state index in [9.17, 15) is 9.59 Å². The molecule has 1 fully saturated rings. The van der Waals surface area contributed by atoms with E-state index >= 15 is 0 Å². The minimum Gasteiger partial charge on any atom is -0.335 e. The van der Waals surface area contributed by atoms with E-state index in [0.717, 1.165) is 0 Å². The van der Waals surface area contributed by atoms with Crippen LogP contribution in [0.3, 0.4) is 0 Å². The molecule has 1 heterocycles. The molecular formula is C4H4Br2N2O2. The Balaban J connectivity index is 2.70. The van der Waals surface area contributed by atoms with Crippen molar-refractivity contribution in [2.75, 3.05) is 6.54 Å². The number of carbonyl (C=O) groups is 2. The molecule has 3 amide bonds. The summed E-state index contributed by atoms with van der Waals surface area (Å²) in [5.74, 6) is -0.378. The molecule has 0 bridgehead atoms. The predicted octanol–water partition coefficient (Wildman–Crippen LogP) is 0.312. The summed E-state index contributed by atoms with van der Waals surface area (Å²) >= 11 is 6.15. The van der Waals surface area contributed by atoms with Crippen molar-refractivity contribution < 1.29 is 9.59 Å². The number of alkyl halides is 2. The second kappa shape index (κ2) is 2.50. The quantitative estimate of drug-likeness (QED) is 0.623. The minimum atomic E-state index is -0.839. The number of imide groups is 1. The highest BCUT2D eigenvalue weighted by Gasteiger charge is 2.37. The molecule has 10 heavy (non-hydrogen) atoms. The molecule has 0 unspecified atom stereocenters. The highest BCUT2D eigenvalue weighted by Crippen LogP contribution is 2.26. The summed E-state index contributed by atoms with van der Waals surface area (Å²) in [5, 5.41) is 4.52. The number of hydrogen-bond donors (Lipinski definition) is 2. The van der Waals surface area contributed by atoms with E-state index < -0.39 is 9.26 Å². The molecule has 4 nitrogen and oxygen atoms in total. The third-order valence-corrected chi connectivity index (χ3v) is 2.31. The third-order valence-electron chi connectivity index (χ3n) is 1.03. The molecule has 0 radical (unpaired) electrons. The largest absolute Gasteiger partial charge is 0.335 e. The Morgan fingerprint density at radius 3 is 2.40 bits per heavy atom. The number of nitrogens with one attached hydrogen (secondary N) is 2. The van der Waals surface area contributed by atoms with Gasteiger partial charge in [-0.2, -0.15) is 0 Å². The number of rotatable bonds is 0. The highest BCUT2D eigenvalue weighted by molar-refractivity contribution is 9.26. The first-order valence-electron chi connectivity index (χ1n) is 2.49. The standard InChI is InChI=1S/C4H4Br2N2O2/c5-4(6)1-7-3(10)8-2(4)9/h1H2,(H2,7,8,9,10). The average Bonchev–Trinajstić information content (AvgIpc) is 1.81. The number of hydrogen-bond acceptors (Lipinski definition) is 2. The second-order valence-electron chi connectivity index (χ2n) is 1.84. The summed E-state index contributed by atoms with van der Waals surface area (Å²) in [5.41, 5.74) is 0. The third kappa shape index (κ3) is 1.49. The number of urea groups is 1. The fourth-order valence-corrected chi connectivity index (χ4v) is 0.989. The van der Waals surface area contributed by atoms with Crippen molar-refractivity contribution in [1.82, 2.24) is 10.6 Å². The lowest BCUT2D eigenvalue weighted by molar-refractivity contribution is -0.120. The lowest BCUT2D eigenvalue weighted by Gasteiger charge is -2.24. The van der Waals surface area contributed by atoms with Crippen LogP contribution < -0.4 is 10.6 Å². The molecule has 1 rings (SSSR count). The molecule has 0 aromatic carbocycles. The molecule has 2 N–H and O–H groups in total. The van der Waals surface area contributed by atoms with Crippen LogP contribution in [-0.4, -0.2) is 21.7 Å². The zero-order chi connectivity index (χ0) is 7.78. The van der Waals surface area contributed by atoms with E-state index in [1.807, 2.05) is 0 Å². The van der Waals surface area contributed by atoms with E-state index in [-0.39, 0.29) is 12.5 Å². The Hall–Kier alpha value is -0.100. The summed E-state index contributed by atoms with van der Waals surface area (Å²) in [6.45, 7) is 0.248. The van der Waals surface area contributed by atoms with Crippen molar-refractivity contribution in [2.45, 2.75) is 3.23 Å². The lowest BCUT2D eigenvalue weighted by atomic mass is 10.3. The zero-order valence-corrected chi connectivity index (χ0v) is 7.95. The molecule has 1 aliphatic rings. The Morgan fingerprint density at radius 1 is 1.40 bits per heavy atom. The maximum absolute atomic E-state index is 10.9. The Kier molecular flexibility index (Phi) is 2.00. The summed E-state index contributed by atoms with van der Waals surface area (Å²) in [6.07, 6.45) is 0. The van der Waals surface area contributed by atoms with Gasteiger partial charge < -0.3 is 5.32 Å². The van der Waals surface area contributed by atoms with E-state index in [1.54, 1.807) is 0 Å². The van der Waals surface area contributed by atoms with Crippen LogP contribution in [0.1, 0.15) is 0 Å². The Bertz CT molecular complexity index is 192. The Labute approximate surface area is 74.0 Å².